The van der Waals surface area contributed by atoms with E-state index in [-0.39, 0.29) is 18.1 Å². The number of ether oxygens (including phenoxy) is 1. The van der Waals surface area contributed by atoms with Crippen molar-refractivity contribution < 1.29 is 13.9 Å². The van der Waals surface area contributed by atoms with E-state index in [1.807, 2.05) is 35.8 Å². The fourth-order valence-corrected chi connectivity index (χ4v) is 3.13. The third-order valence-electron chi connectivity index (χ3n) is 4.39. The predicted molar refractivity (Wildman–Crippen MR) is 112 cm³/mol. The molecule has 0 saturated carbocycles. The molecule has 29 heavy (non-hydrogen) atoms. The predicted octanol–water partition coefficient (Wildman–Crippen LogP) is 3.89. The number of halogens is 1. The van der Waals surface area contributed by atoms with Crippen molar-refractivity contribution in [1.29, 1.82) is 0 Å². The van der Waals surface area contributed by atoms with Crippen molar-refractivity contribution in [3.05, 3.63) is 64.7 Å². The molecule has 0 radical (unpaired) electrons. The summed E-state index contributed by atoms with van der Waals surface area (Å²) in [7, 11) is 0. The maximum absolute atomic E-state index is 12.9. The average molecular weight is 415 g/mol. The monoisotopic (exact) mass is 414 g/mol. The van der Waals surface area contributed by atoms with Crippen LogP contribution >= 0.6 is 12.2 Å². The first-order chi connectivity index (χ1) is 14.1. The summed E-state index contributed by atoms with van der Waals surface area (Å²) in [5.41, 5.74) is 1.86. The highest BCUT2D eigenvalue weighted by Crippen LogP contribution is 2.21. The molecule has 1 amide bonds. The van der Waals surface area contributed by atoms with Crippen LogP contribution in [0.3, 0.4) is 0 Å². The molecular weight excluding hydrogens is 391 g/mol. The summed E-state index contributed by atoms with van der Waals surface area (Å²) in [4.78, 5) is 12.2. The van der Waals surface area contributed by atoms with Gasteiger partial charge in [-0.25, -0.2) is 4.39 Å². The molecule has 2 aromatic carbocycles. The Bertz CT molecular complexity index is 997. The van der Waals surface area contributed by atoms with Gasteiger partial charge in [-0.3, -0.25) is 14.5 Å². The minimum Gasteiger partial charge on any atom is -0.494 e. The Labute approximate surface area is 173 Å². The molecule has 0 bridgehead atoms. The van der Waals surface area contributed by atoms with Gasteiger partial charge >= 0.3 is 0 Å². The summed E-state index contributed by atoms with van der Waals surface area (Å²) in [6, 6.07) is 13.8. The van der Waals surface area contributed by atoms with E-state index in [1.54, 1.807) is 12.1 Å². The second-order valence-electron chi connectivity index (χ2n) is 6.44. The molecule has 0 aliphatic carbocycles. The van der Waals surface area contributed by atoms with E-state index >= 15 is 0 Å². The zero-order valence-electron chi connectivity index (χ0n) is 16.2. The highest BCUT2D eigenvalue weighted by molar-refractivity contribution is 7.71. The summed E-state index contributed by atoms with van der Waals surface area (Å²) in [5, 5.41) is 9.96. The Hall–Kier alpha value is -3.00. The van der Waals surface area contributed by atoms with E-state index in [2.05, 4.69) is 15.5 Å². The Morgan fingerprint density at radius 3 is 2.62 bits per heavy atom. The largest absolute Gasteiger partial charge is 0.494 e. The zero-order chi connectivity index (χ0) is 20.6. The number of hydrogen-bond donors (Lipinski definition) is 2. The number of hydrogen-bond acceptors (Lipinski definition) is 4. The smallest absolute Gasteiger partial charge is 0.221 e. The van der Waals surface area contributed by atoms with Crippen LogP contribution in [0.1, 0.15) is 18.9 Å². The molecule has 152 valence electrons. The Morgan fingerprint density at radius 2 is 1.93 bits per heavy atom. The van der Waals surface area contributed by atoms with Gasteiger partial charge in [0.25, 0.3) is 0 Å². The molecule has 8 heteroatoms. The molecular formula is C21H23FN4O2S. The van der Waals surface area contributed by atoms with Gasteiger partial charge in [-0.1, -0.05) is 12.1 Å². The quantitative estimate of drug-likeness (QED) is 0.521. The van der Waals surface area contributed by atoms with Crippen molar-refractivity contribution in [2.45, 2.75) is 26.3 Å². The molecule has 6 nitrogen and oxygen atoms in total. The van der Waals surface area contributed by atoms with Gasteiger partial charge in [0.05, 0.1) is 6.61 Å². The molecule has 3 rings (SSSR count). The second kappa shape index (κ2) is 9.97. The van der Waals surface area contributed by atoms with Gasteiger partial charge in [-0.05, 0) is 67.5 Å². The molecule has 1 heterocycles. The van der Waals surface area contributed by atoms with Crippen molar-refractivity contribution in [2.75, 3.05) is 13.2 Å². The minimum atomic E-state index is -0.266. The number of H-pyrrole nitrogens is 1. The maximum Gasteiger partial charge on any atom is 0.221 e. The van der Waals surface area contributed by atoms with Gasteiger partial charge in [0.2, 0.25) is 5.91 Å². The molecule has 0 aliphatic rings. The number of carbonyl (C=O) groups is 1. The number of benzene rings is 2. The molecule has 1 aromatic heterocycles. The first kappa shape index (κ1) is 20.7. The standard InChI is InChI=1S/C21H23FN4O2S/c1-2-28-18-9-5-16(6-10-18)20-24-25-21(29)26(20)14-12-19(27)23-13-11-15-3-7-17(22)8-4-15/h3-10H,2,11-14H2,1H3,(H,23,27)(H,25,29). The van der Waals surface area contributed by atoms with Crippen LogP contribution in [0.25, 0.3) is 11.4 Å². The van der Waals surface area contributed by atoms with Crippen LogP contribution in [0.2, 0.25) is 0 Å². The van der Waals surface area contributed by atoms with Crippen LogP contribution in [-0.2, 0) is 17.8 Å². The van der Waals surface area contributed by atoms with Gasteiger partial charge in [0.1, 0.15) is 11.6 Å². The number of carbonyl (C=O) groups excluding carboxylic acids is 1. The minimum absolute atomic E-state index is 0.0761. The topological polar surface area (TPSA) is 71.9 Å². The fourth-order valence-electron chi connectivity index (χ4n) is 2.91. The molecule has 0 atom stereocenters. The van der Waals surface area contributed by atoms with Crippen molar-refractivity contribution in [3.8, 4) is 17.1 Å². The molecule has 0 fully saturated rings. The third kappa shape index (κ3) is 5.74. The van der Waals surface area contributed by atoms with Gasteiger partial charge in [0.15, 0.2) is 10.6 Å². The Morgan fingerprint density at radius 1 is 1.21 bits per heavy atom. The number of aromatic amines is 1. The Balaban J connectivity index is 1.55. The zero-order valence-corrected chi connectivity index (χ0v) is 17.0. The number of nitrogens with zero attached hydrogens (tertiary/aromatic N) is 2. The molecule has 2 N–H and O–H groups in total. The van der Waals surface area contributed by atoms with Crippen molar-refractivity contribution in [2.24, 2.45) is 0 Å². The van der Waals surface area contributed by atoms with Crippen LogP contribution in [0.5, 0.6) is 5.75 Å². The van der Waals surface area contributed by atoms with E-state index in [1.165, 1.54) is 12.1 Å². The lowest BCUT2D eigenvalue weighted by Crippen LogP contribution is -2.26. The summed E-state index contributed by atoms with van der Waals surface area (Å²) in [6.45, 7) is 3.45. The van der Waals surface area contributed by atoms with Crippen LogP contribution in [0.4, 0.5) is 4.39 Å². The lowest BCUT2D eigenvalue weighted by molar-refractivity contribution is -0.121. The molecule has 0 unspecified atom stereocenters. The number of aromatic nitrogens is 3. The molecule has 0 saturated heterocycles. The average Bonchev–Trinajstić information content (AvgIpc) is 3.09. The first-order valence-corrected chi connectivity index (χ1v) is 9.87. The van der Waals surface area contributed by atoms with Crippen LogP contribution in [-0.4, -0.2) is 33.8 Å². The van der Waals surface area contributed by atoms with E-state index in [0.29, 0.717) is 36.7 Å². The third-order valence-corrected chi connectivity index (χ3v) is 4.71. The number of nitrogens with one attached hydrogen (secondary N) is 2. The van der Waals surface area contributed by atoms with Gasteiger partial charge in [-0.15, -0.1) is 0 Å². The van der Waals surface area contributed by atoms with Gasteiger partial charge in [0, 0.05) is 25.1 Å². The number of amides is 1. The number of rotatable bonds is 9. The molecule has 3 aromatic rings. The first-order valence-electron chi connectivity index (χ1n) is 9.46. The van der Waals surface area contributed by atoms with E-state index in [9.17, 15) is 9.18 Å². The van der Waals surface area contributed by atoms with E-state index in [0.717, 1.165) is 16.9 Å². The fraction of sp³-hybridized carbons (Fsp3) is 0.286. The second-order valence-corrected chi connectivity index (χ2v) is 6.82. The highest BCUT2D eigenvalue weighted by Gasteiger charge is 2.11. The van der Waals surface area contributed by atoms with Crippen molar-refractivity contribution in [1.82, 2.24) is 20.1 Å². The maximum atomic E-state index is 12.9. The molecule has 0 aliphatic heterocycles. The summed E-state index contributed by atoms with van der Waals surface area (Å²) in [5.74, 6) is 1.13. The lowest BCUT2D eigenvalue weighted by atomic mass is 10.1. The Kier molecular flexibility index (Phi) is 7.13. The summed E-state index contributed by atoms with van der Waals surface area (Å²) in [6.07, 6.45) is 0.926. The van der Waals surface area contributed by atoms with Crippen LogP contribution < -0.4 is 10.1 Å². The van der Waals surface area contributed by atoms with Crippen molar-refractivity contribution in [3.63, 3.8) is 0 Å². The van der Waals surface area contributed by atoms with E-state index < -0.39 is 0 Å². The SMILES string of the molecule is CCOc1ccc(-c2n[nH]c(=S)n2CCC(=O)NCCc2ccc(F)cc2)cc1. The molecule has 0 spiro atoms. The summed E-state index contributed by atoms with van der Waals surface area (Å²) < 4.78 is 20.7. The van der Waals surface area contributed by atoms with Crippen LogP contribution in [0.15, 0.2) is 48.5 Å². The normalized spacial score (nSPS) is 10.7. The van der Waals surface area contributed by atoms with Gasteiger partial charge in [-0.2, -0.15) is 5.10 Å². The summed E-state index contributed by atoms with van der Waals surface area (Å²) >= 11 is 5.31. The lowest BCUT2D eigenvalue weighted by Gasteiger charge is -2.09. The highest BCUT2D eigenvalue weighted by atomic mass is 32.1. The van der Waals surface area contributed by atoms with E-state index in [4.69, 9.17) is 17.0 Å². The van der Waals surface area contributed by atoms with Gasteiger partial charge < -0.3 is 10.1 Å². The van der Waals surface area contributed by atoms with Crippen molar-refractivity contribution >= 4 is 18.1 Å². The van der Waals surface area contributed by atoms with Crippen LogP contribution in [0, 0.1) is 10.6 Å².